The molecule has 2 aromatic rings. The molecule has 0 fully saturated rings. The molecule has 1 heterocycles. The van der Waals surface area contributed by atoms with Crippen molar-refractivity contribution in [3.8, 4) is 17.2 Å². The van der Waals surface area contributed by atoms with Crippen LogP contribution in [0.2, 0.25) is 5.02 Å². The van der Waals surface area contributed by atoms with E-state index < -0.39 is 17.9 Å². The first-order valence-electron chi connectivity index (χ1n) is 9.87. The summed E-state index contributed by atoms with van der Waals surface area (Å²) in [6.45, 7) is 0.230. The number of hydrogen-bond acceptors (Lipinski definition) is 6. The Kier molecular flexibility index (Phi) is 7.56. The zero-order chi connectivity index (χ0) is 23.3. The Hall–Kier alpha value is -3.29. The van der Waals surface area contributed by atoms with Crippen molar-refractivity contribution in [2.24, 2.45) is 0 Å². The van der Waals surface area contributed by atoms with Crippen LogP contribution < -0.4 is 14.2 Å². The lowest BCUT2D eigenvalue weighted by Crippen LogP contribution is -2.41. The SMILES string of the molecule is COc1cc(/C=C/C(=O)N2CCC=C(C(O)c3ccc(Cl)cc3)C2=O)cc(OC)c1OC. The molecule has 1 aliphatic rings. The Bertz CT molecular complexity index is 1040. The largest absolute Gasteiger partial charge is 0.493 e. The number of nitrogens with zero attached hydrogens (tertiary/aromatic N) is 1. The molecule has 0 aliphatic carbocycles. The van der Waals surface area contributed by atoms with Crippen molar-refractivity contribution in [1.82, 2.24) is 4.90 Å². The van der Waals surface area contributed by atoms with E-state index in [9.17, 15) is 14.7 Å². The highest BCUT2D eigenvalue weighted by atomic mass is 35.5. The number of aliphatic hydroxyl groups excluding tert-OH is 1. The topological polar surface area (TPSA) is 85.3 Å². The fourth-order valence-corrected chi connectivity index (χ4v) is 3.54. The summed E-state index contributed by atoms with van der Waals surface area (Å²) in [5, 5.41) is 11.2. The Morgan fingerprint density at radius 1 is 1.09 bits per heavy atom. The number of aliphatic hydroxyl groups is 1. The second kappa shape index (κ2) is 10.3. The van der Waals surface area contributed by atoms with Crippen LogP contribution in [0.25, 0.3) is 6.08 Å². The van der Waals surface area contributed by atoms with Crippen LogP contribution in [-0.4, -0.2) is 49.7 Å². The van der Waals surface area contributed by atoms with Crippen LogP contribution in [0.1, 0.15) is 23.7 Å². The number of methoxy groups -OCH3 is 3. The molecule has 2 amide bonds. The molecule has 1 aliphatic heterocycles. The lowest BCUT2D eigenvalue weighted by atomic mass is 9.97. The number of benzene rings is 2. The quantitative estimate of drug-likeness (QED) is 0.636. The maximum atomic E-state index is 12.9. The highest BCUT2D eigenvalue weighted by molar-refractivity contribution is 6.30. The van der Waals surface area contributed by atoms with Crippen LogP contribution in [0.3, 0.4) is 0 Å². The van der Waals surface area contributed by atoms with Gasteiger partial charge in [0.1, 0.15) is 6.10 Å². The number of carbonyl (C=O) groups is 2. The third-order valence-corrected chi connectivity index (χ3v) is 5.31. The Balaban J connectivity index is 1.78. The number of amides is 2. The number of ether oxygens (including phenoxy) is 3. The first-order valence-corrected chi connectivity index (χ1v) is 10.2. The van der Waals surface area contributed by atoms with Gasteiger partial charge >= 0.3 is 0 Å². The standard InChI is InChI=1S/C24H24ClNO6/c1-30-19-13-15(14-20(31-2)23(19)32-3)6-11-21(27)26-12-4-5-18(24(26)29)22(28)16-7-9-17(25)10-8-16/h5-11,13-14,22,28H,4,12H2,1-3H3/b11-6+. The molecule has 168 valence electrons. The molecule has 8 heteroatoms. The fraction of sp³-hybridized carbons (Fsp3) is 0.250. The third-order valence-electron chi connectivity index (χ3n) is 5.06. The predicted octanol–water partition coefficient (Wildman–Crippen LogP) is 3.80. The second-order valence-corrected chi connectivity index (χ2v) is 7.43. The van der Waals surface area contributed by atoms with E-state index >= 15 is 0 Å². The van der Waals surface area contributed by atoms with Crippen molar-refractivity contribution in [3.05, 3.63) is 70.3 Å². The number of imide groups is 1. The number of hydrogen-bond donors (Lipinski definition) is 1. The summed E-state index contributed by atoms with van der Waals surface area (Å²) in [7, 11) is 4.51. The van der Waals surface area contributed by atoms with Gasteiger partial charge in [-0.1, -0.05) is 29.8 Å². The highest BCUT2D eigenvalue weighted by Gasteiger charge is 2.30. The monoisotopic (exact) mass is 457 g/mol. The molecule has 0 saturated carbocycles. The van der Waals surface area contributed by atoms with Crippen molar-refractivity contribution in [1.29, 1.82) is 0 Å². The van der Waals surface area contributed by atoms with E-state index in [1.807, 2.05) is 0 Å². The molecule has 0 bridgehead atoms. The molecule has 3 rings (SSSR count). The van der Waals surface area contributed by atoms with E-state index in [0.717, 1.165) is 4.90 Å². The van der Waals surface area contributed by atoms with Gasteiger partial charge in [-0.2, -0.15) is 0 Å². The molecule has 1 atom stereocenters. The molecule has 1 N–H and O–H groups in total. The van der Waals surface area contributed by atoms with Gasteiger partial charge in [0.05, 0.1) is 21.3 Å². The van der Waals surface area contributed by atoms with Crippen LogP contribution in [0.5, 0.6) is 17.2 Å². The van der Waals surface area contributed by atoms with E-state index in [-0.39, 0.29) is 12.1 Å². The first kappa shape index (κ1) is 23.4. The number of rotatable bonds is 7. The summed E-state index contributed by atoms with van der Waals surface area (Å²) in [5.41, 5.74) is 1.32. The Morgan fingerprint density at radius 2 is 1.72 bits per heavy atom. The molecule has 7 nitrogen and oxygen atoms in total. The third kappa shape index (κ3) is 4.95. The minimum Gasteiger partial charge on any atom is -0.493 e. The summed E-state index contributed by atoms with van der Waals surface area (Å²) in [6.07, 6.45) is 3.84. The maximum Gasteiger partial charge on any atom is 0.259 e. The Morgan fingerprint density at radius 3 is 2.28 bits per heavy atom. The molecule has 2 aromatic carbocycles. The summed E-state index contributed by atoms with van der Waals surface area (Å²) in [5.74, 6) is 0.320. The average molecular weight is 458 g/mol. The summed E-state index contributed by atoms with van der Waals surface area (Å²) in [4.78, 5) is 26.8. The van der Waals surface area contributed by atoms with Crippen molar-refractivity contribution in [3.63, 3.8) is 0 Å². The molecular formula is C24H24ClNO6. The maximum absolute atomic E-state index is 12.9. The summed E-state index contributed by atoms with van der Waals surface area (Å²) in [6, 6.07) is 9.95. The van der Waals surface area contributed by atoms with Gasteiger partial charge in [0.15, 0.2) is 11.5 Å². The number of carbonyl (C=O) groups excluding carboxylic acids is 2. The van der Waals surface area contributed by atoms with Gasteiger partial charge in [-0.25, -0.2) is 0 Å². The van der Waals surface area contributed by atoms with Crippen molar-refractivity contribution in [2.45, 2.75) is 12.5 Å². The molecule has 0 spiro atoms. The van der Waals surface area contributed by atoms with Gasteiger partial charge in [-0.3, -0.25) is 14.5 Å². The van der Waals surface area contributed by atoms with Crippen molar-refractivity contribution < 1.29 is 28.9 Å². The molecule has 0 saturated heterocycles. The molecule has 1 unspecified atom stereocenters. The van der Waals surface area contributed by atoms with Crippen LogP contribution >= 0.6 is 11.6 Å². The average Bonchev–Trinajstić information content (AvgIpc) is 2.81. The van der Waals surface area contributed by atoms with Gasteiger partial charge in [-0.15, -0.1) is 0 Å². The molecule has 0 aromatic heterocycles. The van der Waals surface area contributed by atoms with Crippen molar-refractivity contribution >= 4 is 29.5 Å². The molecule has 32 heavy (non-hydrogen) atoms. The normalized spacial score (nSPS) is 14.8. The summed E-state index contributed by atoms with van der Waals surface area (Å²) >= 11 is 5.89. The Labute approximate surface area is 191 Å². The zero-order valence-electron chi connectivity index (χ0n) is 18.0. The van der Waals surface area contributed by atoms with Crippen LogP contribution in [-0.2, 0) is 9.59 Å². The number of halogens is 1. The van der Waals surface area contributed by atoms with Gasteiger partial charge in [0, 0.05) is 23.2 Å². The highest BCUT2D eigenvalue weighted by Crippen LogP contribution is 2.38. The van der Waals surface area contributed by atoms with Gasteiger partial charge in [0.2, 0.25) is 5.75 Å². The van der Waals surface area contributed by atoms with Gasteiger partial charge in [0.25, 0.3) is 11.8 Å². The first-order chi connectivity index (χ1) is 15.4. The van der Waals surface area contributed by atoms with E-state index in [4.69, 9.17) is 25.8 Å². The van der Waals surface area contributed by atoms with E-state index in [1.165, 1.54) is 27.4 Å². The smallest absolute Gasteiger partial charge is 0.259 e. The van der Waals surface area contributed by atoms with E-state index in [2.05, 4.69) is 0 Å². The molecule has 0 radical (unpaired) electrons. The predicted molar refractivity (Wildman–Crippen MR) is 121 cm³/mol. The van der Waals surface area contributed by atoms with Crippen LogP contribution in [0.15, 0.2) is 54.1 Å². The van der Waals surface area contributed by atoms with Gasteiger partial charge in [-0.05, 0) is 47.9 Å². The van der Waals surface area contributed by atoms with Crippen molar-refractivity contribution in [2.75, 3.05) is 27.9 Å². The minimum atomic E-state index is -1.14. The second-order valence-electron chi connectivity index (χ2n) is 6.99. The lowest BCUT2D eigenvalue weighted by molar-refractivity contribution is -0.140. The van der Waals surface area contributed by atoms with Crippen LogP contribution in [0, 0.1) is 0 Å². The summed E-state index contributed by atoms with van der Waals surface area (Å²) < 4.78 is 15.9. The van der Waals surface area contributed by atoms with E-state index in [0.29, 0.717) is 39.8 Å². The van der Waals surface area contributed by atoms with E-state index in [1.54, 1.807) is 48.6 Å². The van der Waals surface area contributed by atoms with Gasteiger partial charge < -0.3 is 19.3 Å². The molecular weight excluding hydrogens is 434 g/mol. The van der Waals surface area contributed by atoms with Crippen LogP contribution in [0.4, 0.5) is 0 Å². The zero-order valence-corrected chi connectivity index (χ0v) is 18.8. The minimum absolute atomic E-state index is 0.160. The fourth-order valence-electron chi connectivity index (χ4n) is 3.41. The lowest BCUT2D eigenvalue weighted by Gasteiger charge is -2.27.